The van der Waals surface area contributed by atoms with Crippen LogP contribution in [0.3, 0.4) is 0 Å². The molecule has 0 aromatic rings. The van der Waals surface area contributed by atoms with E-state index >= 15 is 0 Å². The molecule has 0 saturated heterocycles. The average Bonchev–Trinajstić information content (AvgIpc) is 2.53. The van der Waals surface area contributed by atoms with Crippen LogP contribution in [0, 0.1) is 11.8 Å². The van der Waals surface area contributed by atoms with E-state index < -0.39 is 48.4 Å². The van der Waals surface area contributed by atoms with Crippen molar-refractivity contribution in [2.75, 3.05) is 12.3 Å². The van der Waals surface area contributed by atoms with Crippen LogP contribution in [0.4, 0.5) is 0 Å². The first kappa shape index (κ1) is 23.2. The molecule has 0 spiro atoms. The molecule has 6 N–H and O–H groups in total. The molecule has 0 aliphatic carbocycles. The highest BCUT2D eigenvalue weighted by molar-refractivity contribution is 7.80. The van der Waals surface area contributed by atoms with Gasteiger partial charge in [-0.2, -0.15) is 12.6 Å². The maximum absolute atomic E-state index is 12.2. The lowest BCUT2D eigenvalue weighted by Gasteiger charge is -2.23. The zero-order chi connectivity index (χ0) is 19.7. The number of nitrogens with two attached hydrogens (primary N) is 1. The molecule has 0 aromatic carbocycles. The number of aliphatic carboxylic acids is 1. The predicted octanol–water partition coefficient (Wildman–Crippen LogP) is -1.27. The number of hydrogen-bond donors (Lipinski definition) is 6. The third-order valence-electron chi connectivity index (χ3n) is 3.45. The second kappa shape index (κ2) is 10.9. The smallest absolute Gasteiger partial charge is 0.326 e. The van der Waals surface area contributed by atoms with Gasteiger partial charge in [-0.3, -0.25) is 14.4 Å². The highest BCUT2D eigenvalue weighted by atomic mass is 32.1. The molecule has 0 saturated carbocycles. The summed E-state index contributed by atoms with van der Waals surface area (Å²) in [6, 6.07) is -2.76. The average molecular weight is 376 g/mol. The molecule has 0 bridgehead atoms. The Hall–Kier alpha value is -1.81. The van der Waals surface area contributed by atoms with Crippen molar-refractivity contribution in [3.8, 4) is 0 Å². The van der Waals surface area contributed by atoms with Crippen LogP contribution in [-0.4, -0.2) is 59.2 Å². The Morgan fingerprint density at radius 1 is 0.960 bits per heavy atom. The van der Waals surface area contributed by atoms with Gasteiger partial charge in [0.15, 0.2) is 0 Å². The summed E-state index contributed by atoms with van der Waals surface area (Å²) >= 11 is 3.93. The standard InChI is InChI=1S/C15H28N4O5S/c1-7(2)11(19-13(21)9(16)6-25)14(22)17-5-10(20)18-12(8(3)4)15(23)24/h7-9,11-12,25H,5-6,16H2,1-4H3,(H,17,22)(H,18,20)(H,19,21)(H,23,24). The Morgan fingerprint density at radius 2 is 1.48 bits per heavy atom. The number of carboxylic acid groups (broad SMARTS) is 1. The van der Waals surface area contributed by atoms with Gasteiger partial charge in [0.2, 0.25) is 17.7 Å². The molecule has 25 heavy (non-hydrogen) atoms. The minimum absolute atomic E-state index is 0.131. The van der Waals surface area contributed by atoms with Crippen LogP contribution in [0.15, 0.2) is 0 Å². The molecule has 144 valence electrons. The number of thiol groups is 1. The van der Waals surface area contributed by atoms with E-state index in [9.17, 15) is 19.2 Å². The van der Waals surface area contributed by atoms with E-state index in [0.717, 1.165) is 0 Å². The van der Waals surface area contributed by atoms with E-state index in [4.69, 9.17) is 10.8 Å². The van der Waals surface area contributed by atoms with E-state index in [2.05, 4.69) is 28.6 Å². The third kappa shape index (κ3) is 8.21. The zero-order valence-corrected chi connectivity index (χ0v) is 15.8. The van der Waals surface area contributed by atoms with Gasteiger partial charge in [-0.1, -0.05) is 27.7 Å². The first-order valence-corrected chi connectivity index (χ1v) is 8.61. The Bertz CT molecular complexity index is 498. The molecule has 0 heterocycles. The Kier molecular flexibility index (Phi) is 10.1. The van der Waals surface area contributed by atoms with Crippen LogP contribution < -0.4 is 21.7 Å². The lowest BCUT2D eigenvalue weighted by Crippen LogP contribution is -2.55. The Labute approximate surface area is 152 Å². The van der Waals surface area contributed by atoms with Crippen molar-refractivity contribution in [1.29, 1.82) is 0 Å². The number of rotatable bonds is 10. The van der Waals surface area contributed by atoms with E-state index in [1.54, 1.807) is 27.7 Å². The van der Waals surface area contributed by atoms with Gasteiger partial charge in [0.1, 0.15) is 12.1 Å². The minimum atomic E-state index is -1.15. The number of carbonyl (C=O) groups excluding carboxylic acids is 3. The topological polar surface area (TPSA) is 151 Å². The summed E-state index contributed by atoms with van der Waals surface area (Å²) in [5.41, 5.74) is 5.56. The van der Waals surface area contributed by atoms with Crippen molar-refractivity contribution < 1.29 is 24.3 Å². The normalized spacial score (nSPS) is 14.6. The maximum atomic E-state index is 12.2. The summed E-state index contributed by atoms with van der Waals surface area (Å²) in [5, 5.41) is 16.3. The Morgan fingerprint density at radius 3 is 1.88 bits per heavy atom. The SMILES string of the molecule is CC(C)C(NC(=O)CNC(=O)C(NC(=O)C(N)CS)C(C)C)C(=O)O. The first-order chi connectivity index (χ1) is 11.5. The molecule has 3 atom stereocenters. The van der Waals surface area contributed by atoms with Crippen molar-refractivity contribution in [2.24, 2.45) is 17.6 Å². The predicted molar refractivity (Wildman–Crippen MR) is 96.0 cm³/mol. The second-order valence-electron chi connectivity index (χ2n) is 6.36. The van der Waals surface area contributed by atoms with E-state index in [0.29, 0.717) is 0 Å². The largest absolute Gasteiger partial charge is 0.480 e. The van der Waals surface area contributed by atoms with Crippen LogP contribution in [0.5, 0.6) is 0 Å². The molecule has 0 aliphatic rings. The fraction of sp³-hybridized carbons (Fsp3) is 0.733. The van der Waals surface area contributed by atoms with Crippen molar-refractivity contribution in [1.82, 2.24) is 16.0 Å². The highest BCUT2D eigenvalue weighted by Gasteiger charge is 2.27. The van der Waals surface area contributed by atoms with Gasteiger partial charge in [-0.15, -0.1) is 0 Å². The summed E-state index contributed by atoms with van der Waals surface area (Å²) in [4.78, 5) is 46.9. The van der Waals surface area contributed by atoms with Crippen LogP contribution >= 0.6 is 12.6 Å². The molecule has 0 rings (SSSR count). The number of hydrogen-bond acceptors (Lipinski definition) is 6. The number of amides is 3. The zero-order valence-electron chi connectivity index (χ0n) is 14.9. The van der Waals surface area contributed by atoms with Crippen LogP contribution in [-0.2, 0) is 19.2 Å². The fourth-order valence-electron chi connectivity index (χ4n) is 1.89. The van der Waals surface area contributed by atoms with E-state index in [1.807, 2.05) is 0 Å². The quantitative estimate of drug-likeness (QED) is 0.262. The van der Waals surface area contributed by atoms with Gasteiger partial charge in [0.05, 0.1) is 12.6 Å². The molecule has 3 amide bonds. The number of nitrogens with one attached hydrogen (secondary N) is 3. The summed E-state index contributed by atoms with van der Waals surface area (Å²) in [6.07, 6.45) is 0. The fourth-order valence-corrected chi connectivity index (χ4v) is 2.06. The molecule has 0 aliphatic heterocycles. The summed E-state index contributed by atoms with van der Waals surface area (Å²) in [7, 11) is 0. The van der Waals surface area contributed by atoms with Crippen LogP contribution in [0.2, 0.25) is 0 Å². The molecule has 0 radical (unpaired) electrons. The van der Waals surface area contributed by atoms with Crippen molar-refractivity contribution in [3.05, 3.63) is 0 Å². The van der Waals surface area contributed by atoms with Gasteiger partial charge in [0.25, 0.3) is 0 Å². The molecule has 3 unspecified atom stereocenters. The monoisotopic (exact) mass is 376 g/mol. The molecular weight excluding hydrogens is 348 g/mol. The van der Waals surface area contributed by atoms with Gasteiger partial charge in [0, 0.05) is 5.75 Å². The van der Waals surface area contributed by atoms with Crippen LogP contribution in [0.25, 0.3) is 0 Å². The minimum Gasteiger partial charge on any atom is -0.480 e. The molecule has 9 nitrogen and oxygen atoms in total. The molecular formula is C15H28N4O5S. The van der Waals surface area contributed by atoms with Gasteiger partial charge >= 0.3 is 5.97 Å². The number of carboxylic acids is 1. The highest BCUT2D eigenvalue weighted by Crippen LogP contribution is 2.03. The lowest BCUT2D eigenvalue weighted by molar-refractivity contribution is -0.143. The summed E-state index contributed by atoms with van der Waals surface area (Å²) in [5.74, 6) is -3.26. The first-order valence-electron chi connectivity index (χ1n) is 7.97. The Balaban J connectivity index is 4.69. The molecule has 0 fully saturated rings. The van der Waals surface area contributed by atoms with Gasteiger partial charge in [-0.25, -0.2) is 4.79 Å². The third-order valence-corrected chi connectivity index (χ3v) is 3.85. The van der Waals surface area contributed by atoms with Crippen molar-refractivity contribution >= 4 is 36.3 Å². The maximum Gasteiger partial charge on any atom is 0.326 e. The van der Waals surface area contributed by atoms with Crippen LogP contribution in [0.1, 0.15) is 27.7 Å². The molecule has 0 aromatic heterocycles. The summed E-state index contributed by atoms with van der Waals surface area (Å²) in [6.45, 7) is 6.39. The molecule has 10 heteroatoms. The summed E-state index contributed by atoms with van der Waals surface area (Å²) < 4.78 is 0. The van der Waals surface area contributed by atoms with Crippen molar-refractivity contribution in [2.45, 2.75) is 45.8 Å². The van der Waals surface area contributed by atoms with Crippen molar-refractivity contribution in [3.63, 3.8) is 0 Å². The van der Waals surface area contributed by atoms with E-state index in [-0.39, 0.29) is 17.6 Å². The van der Waals surface area contributed by atoms with Gasteiger partial charge < -0.3 is 26.8 Å². The second-order valence-corrected chi connectivity index (χ2v) is 6.73. The van der Waals surface area contributed by atoms with Gasteiger partial charge in [-0.05, 0) is 11.8 Å². The lowest BCUT2D eigenvalue weighted by atomic mass is 10.0. The number of carbonyl (C=O) groups is 4. The van der Waals surface area contributed by atoms with E-state index in [1.165, 1.54) is 0 Å².